The van der Waals surface area contributed by atoms with E-state index in [1.165, 1.54) is 0 Å². The predicted octanol–water partition coefficient (Wildman–Crippen LogP) is 2.49. The van der Waals surface area contributed by atoms with Crippen LogP contribution in [-0.4, -0.2) is 10.2 Å². The zero-order valence-electron chi connectivity index (χ0n) is 9.05. The summed E-state index contributed by atoms with van der Waals surface area (Å²) in [6.07, 6.45) is -0.493. The van der Waals surface area contributed by atoms with E-state index < -0.39 is 6.10 Å². The van der Waals surface area contributed by atoms with Crippen molar-refractivity contribution in [3.8, 4) is 11.3 Å². The molecule has 0 bridgehead atoms. The Morgan fingerprint density at radius 1 is 1.25 bits per heavy atom. The van der Waals surface area contributed by atoms with Crippen LogP contribution >= 0.6 is 0 Å². The molecule has 1 aromatic heterocycles. The molecule has 1 heterocycles. The molecular formula is C13H14O3. The third kappa shape index (κ3) is 2.15. The lowest BCUT2D eigenvalue weighted by molar-refractivity contribution is 0.199. The fourth-order valence-electron chi connectivity index (χ4n) is 1.57. The number of benzene rings is 1. The molecule has 0 aliphatic heterocycles. The third-order valence-corrected chi connectivity index (χ3v) is 2.47. The Balaban J connectivity index is 2.36. The van der Waals surface area contributed by atoms with E-state index in [9.17, 15) is 5.11 Å². The monoisotopic (exact) mass is 218 g/mol. The van der Waals surface area contributed by atoms with E-state index in [0.717, 1.165) is 11.1 Å². The van der Waals surface area contributed by atoms with Crippen LogP contribution in [0.4, 0.5) is 0 Å². The lowest BCUT2D eigenvalue weighted by Gasteiger charge is -2.05. The molecule has 0 fully saturated rings. The first-order valence-corrected chi connectivity index (χ1v) is 5.18. The van der Waals surface area contributed by atoms with Gasteiger partial charge in [-0.3, -0.25) is 0 Å². The maximum Gasteiger partial charge on any atom is 0.134 e. The van der Waals surface area contributed by atoms with Crippen molar-refractivity contribution in [3.63, 3.8) is 0 Å². The van der Waals surface area contributed by atoms with Crippen LogP contribution in [-0.2, 0) is 6.61 Å². The van der Waals surface area contributed by atoms with Crippen LogP contribution in [0, 0.1) is 0 Å². The lowest BCUT2D eigenvalue weighted by Crippen LogP contribution is -1.90. The van der Waals surface area contributed by atoms with Crippen molar-refractivity contribution < 1.29 is 14.6 Å². The molecule has 0 saturated heterocycles. The molecule has 3 heteroatoms. The Bertz CT molecular complexity index is 472. The normalized spacial score (nSPS) is 12.7. The minimum atomic E-state index is -0.493. The molecular weight excluding hydrogens is 204 g/mol. The molecule has 1 atom stereocenters. The van der Waals surface area contributed by atoms with Crippen molar-refractivity contribution in [3.05, 3.63) is 47.7 Å². The molecule has 0 saturated carbocycles. The average molecular weight is 218 g/mol. The SMILES string of the molecule is C[C@H](O)c1cccc(-c2ccc(CO)o2)c1. The van der Waals surface area contributed by atoms with Gasteiger partial charge in [-0.05, 0) is 30.7 Å². The molecule has 0 aliphatic rings. The van der Waals surface area contributed by atoms with Gasteiger partial charge < -0.3 is 14.6 Å². The minimum Gasteiger partial charge on any atom is -0.459 e. The van der Waals surface area contributed by atoms with Crippen molar-refractivity contribution in [2.75, 3.05) is 0 Å². The Hall–Kier alpha value is -1.58. The van der Waals surface area contributed by atoms with Crippen LogP contribution < -0.4 is 0 Å². The number of aliphatic hydroxyl groups excluding tert-OH is 2. The first-order chi connectivity index (χ1) is 7.70. The third-order valence-electron chi connectivity index (χ3n) is 2.47. The number of furan rings is 1. The van der Waals surface area contributed by atoms with E-state index in [2.05, 4.69) is 0 Å². The second-order valence-electron chi connectivity index (χ2n) is 3.73. The van der Waals surface area contributed by atoms with Crippen molar-refractivity contribution in [2.45, 2.75) is 19.6 Å². The van der Waals surface area contributed by atoms with Crippen LogP contribution in [0.5, 0.6) is 0 Å². The molecule has 84 valence electrons. The van der Waals surface area contributed by atoms with Gasteiger partial charge in [-0.25, -0.2) is 0 Å². The largest absolute Gasteiger partial charge is 0.459 e. The summed E-state index contributed by atoms with van der Waals surface area (Å²) in [6.45, 7) is 1.62. The fourth-order valence-corrected chi connectivity index (χ4v) is 1.57. The number of aliphatic hydroxyl groups is 2. The Labute approximate surface area is 94.0 Å². The van der Waals surface area contributed by atoms with E-state index in [1.807, 2.05) is 30.3 Å². The van der Waals surface area contributed by atoms with Gasteiger partial charge in [0.2, 0.25) is 0 Å². The molecule has 16 heavy (non-hydrogen) atoms. The lowest BCUT2D eigenvalue weighted by atomic mass is 10.1. The summed E-state index contributed by atoms with van der Waals surface area (Å²) in [5.41, 5.74) is 1.75. The highest BCUT2D eigenvalue weighted by molar-refractivity contribution is 5.58. The highest BCUT2D eigenvalue weighted by Crippen LogP contribution is 2.25. The van der Waals surface area contributed by atoms with Crippen LogP contribution in [0.1, 0.15) is 24.4 Å². The molecule has 2 rings (SSSR count). The Morgan fingerprint density at radius 3 is 2.69 bits per heavy atom. The zero-order valence-corrected chi connectivity index (χ0v) is 9.05. The van der Waals surface area contributed by atoms with Crippen molar-refractivity contribution in [1.29, 1.82) is 0 Å². The van der Waals surface area contributed by atoms with Crippen molar-refractivity contribution in [1.82, 2.24) is 0 Å². The molecule has 2 aromatic rings. The quantitative estimate of drug-likeness (QED) is 0.832. The van der Waals surface area contributed by atoms with Gasteiger partial charge in [0.25, 0.3) is 0 Å². The summed E-state index contributed by atoms with van der Waals surface area (Å²) >= 11 is 0. The van der Waals surface area contributed by atoms with Crippen LogP contribution in [0.15, 0.2) is 40.8 Å². The molecule has 2 N–H and O–H groups in total. The highest BCUT2D eigenvalue weighted by atomic mass is 16.4. The van der Waals surface area contributed by atoms with E-state index in [4.69, 9.17) is 9.52 Å². The van der Waals surface area contributed by atoms with Crippen LogP contribution in [0.25, 0.3) is 11.3 Å². The van der Waals surface area contributed by atoms with Gasteiger partial charge in [-0.1, -0.05) is 18.2 Å². The van der Waals surface area contributed by atoms with E-state index >= 15 is 0 Å². The van der Waals surface area contributed by atoms with E-state index in [-0.39, 0.29) is 6.61 Å². The summed E-state index contributed by atoms with van der Waals surface area (Å²) in [6, 6.07) is 11.1. The summed E-state index contributed by atoms with van der Waals surface area (Å²) in [5, 5.41) is 18.4. The topological polar surface area (TPSA) is 53.6 Å². The summed E-state index contributed by atoms with van der Waals surface area (Å²) in [4.78, 5) is 0. The number of hydrogen-bond donors (Lipinski definition) is 2. The van der Waals surface area contributed by atoms with Crippen LogP contribution in [0.3, 0.4) is 0 Å². The second kappa shape index (κ2) is 4.51. The van der Waals surface area contributed by atoms with E-state index in [1.54, 1.807) is 13.0 Å². The average Bonchev–Trinajstić information content (AvgIpc) is 2.77. The van der Waals surface area contributed by atoms with Crippen molar-refractivity contribution >= 4 is 0 Å². The predicted molar refractivity (Wildman–Crippen MR) is 60.7 cm³/mol. The van der Waals surface area contributed by atoms with Gasteiger partial charge in [-0.2, -0.15) is 0 Å². The van der Waals surface area contributed by atoms with Gasteiger partial charge in [0.05, 0.1) is 6.10 Å². The molecule has 0 spiro atoms. The Kier molecular flexibility index (Phi) is 3.08. The second-order valence-corrected chi connectivity index (χ2v) is 3.73. The molecule has 0 unspecified atom stereocenters. The van der Waals surface area contributed by atoms with Gasteiger partial charge in [0.15, 0.2) is 0 Å². The zero-order chi connectivity index (χ0) is 11.5. The number of rotatable bonds is 3. The van der Waals surface area contributed by atoms with Crippen LogP contribution in [0.2, 0.25) is 0 Å². The smallest absolute Gasteiger partial charge is 0.134 e. The highest BCUT2D eigenvalue weighted by Gasteiger charge is 2.06. The fraction of sp³-hybridized carbons (Fsp3) is 0.231. The molecule has 1 aromatic carbocycles. The van der Waals surface area contributed by atoms with Gasteiger partial charge in [0.1, 0.15) is 18.1 Å². The van der Waals surface area contributed by atoms with Crippen molar-refractivity contribution in [2.24, 2.45) is 0 Å². The minimum absolute atomic E-state index is 0.101. The Morgan fingerprint density at radius 2 is 2.06 bits per heavy atom. The number of hydrogen-bond acceptors (Lipinski definition) is 3. The van der Waals surface area contributed by atoms with Gasteiger partial charge >= 0.3 is 0 Å². The van der Waals surface area contributed by atoms with Gasteiger partial charge in [-0.15, -0.1) is 0 Å². The molecule has 0 radical (unpaired) electrons. The maximum atomic E-state index is 9.48. The van der Waals surface area contributed by atoms with E-state index in [0.29, 0.717) is 11.5 Å². The molecule has 0 amide bonds. The van der Waals surface area contributed by atoms with Gasteiger partial charge in [0, 0.05) is 5.56 Å². The summed E-state index contributed by atoms with van der Waals surface area (Å²) < 4.78 is 5.42. The summed E-state index contributed by atoms with van der Waals surface area (Å²) in [5.74, 6) is 1.24. The molecule has 3 nitrogen and oxygen atoms in total. The molecule has 0 aliphatic carbocycles. The first-order valence-electron chi connectivity index (χ1n) is 5.18. The first kappa shape index (κ1) is 10.9. The standard InChI is InChI=1S/C13H14O3/c1-9(15)10-3-2-4-11(7-10)13-6-5-12(8-14)16-13/h2-7,9,14-15H,8H2,1H3/t9-/m0/s1. The summed E-state index contributed by atoms with van der Waals surface area (Å²) in [7, 11) is 0. The maximum absolute atomic E-state index is 9.48.